The first-order valence-corrected chi connectivity index (χ1v) is 6.34. The molecule has 0 saturated carbocycles. The third kappa shape index (κ3) is 3.92. The molecule has 3 N–H and O–H groups in total. The van der Waals surface area contributed by atoms with Crippen molar-refractivity contribution in [2.24, 2.45) is 5.73 Å². The topological polar surface area (TPSA) is 73.6 Å². The normalized spacial score (nSPS) is 15.6. The smallest absolute Gasteiger partial charge is 0.401 e. The van der Waals surface area contributed by atoms with Gasteiger partial charge in [-0.15, -0.1) is 0 Å². The predicted molar refractivity (Wildman–Crippen MR) is 68.4 cm³/mol. The summed E-state index contributed by atoms with van der Waals surface area (Å²) in [5.41, 5.74) is 5.32. The second kappa shape index (κ2) is 5.98. The highest BCUT2D eigenvalue weighted by Gasteiger charge is 2.31. The average Bonchev–Trinajstić information content (AvgIpc) is 2.37. The fourth-order valence-electron chi connectivity index (χ4n) is 1.90. The number of nitrogens with two attached hydrogens (primary N) is 1. The van der Waals surface area contributed by atoms with Gasteiger partial charge in [-0.1, -0.05) is 11.6 Å². The molecule has 0 radical (unpaired) electrons. The van der Waals surface area contributed by atoms with Crippen molar-refractivity contribution in [3.05, 3.63) is 22.7 Å². The minimum atomic E-state index is -4.47. The van der Waals surface area contributed by atoms with Crippen molar-refractivity contribution in [2.45, 2.75) is 12.2 Å². The van der Waals surface area contributed by atoms with Gasteiger partial charge in [-0.25, -0.2) is 0 Å². The molecule has 1 aromatic carbocycles. The van der Waals surface area contributed by atoms with Gasteiger partial charge in [-0.3, -0.25) is 10.1 Å². The molecule has 1 aliphatic rings. The average molecular weight is 325 g/mol. The van der Waals surface area contributed by atoms with Crippen LogP contribution >= 0.6 is 11.6 Å². The standard InChI is InChI=1S/C12H12ClF3N2O3/c13-7-3-6(4-8-10(7)21-2-1-20-8)9(11(17)19)18-5-12(14,15)16/h3-4,9,18H,1-2,5H2,(H2,17,19). The zero-order chi connectivity index (χ0) is 15.6. The molecule has 1 aromatic rings. The van der Waals surface area contributed by atoms with Crippen molar-refractivity contribution >= 4 is 17.5 Å². The molecule has 116 valence electrons. The van der Waals surface area contributed by atoms with Crippen LogP contribution < -0.4 is 20.5 Å². The van der Waals surface area contributed by atoms with Crippen LogP contribution in [0.5, 0.6) is 11.5 Å². The lowest BCUT2D eigenvalue weighted by atomic mass is 10.1. The quantitative estimate of drug-likeness (QED) is 0.885. The molecular formula is C12H12ClF3N2O3. The van der Waals surface area contributed by atoms with Gasteiger partial charge < -0.3 is 15.2 Å². The van der Waals surface area contributed by atoms with Crippen LogP contribution in [-0.2, 0) is 4.79 Å². The van der Waals surface area contributed by atoms with Crippen LogP contribution in [0.1, 0.15) is 11.6 Å². The van der Waals surface area contributed by atoms with Gasteiger partial charge in [0.15, 0.2) is 11.5 Å². The number of amides is 1. The highest BCUT2D eigenvalue weighted by Crippen LogP contribution is 2.39. The lowest BCUT2D eigenvalue weighted by molar-refractivity contribution is -0.130. The van der Waals surface area contributed by atoms with E-state index in [4.69, 9.17) is 26.8 Å². The summed E-state index contributed by atoms with van der Waals surface area (Å²) >= 11 is 5.98. The van der Waals surface area contributed by atoms with Crippen LogP contribution in [0, 0.1) is 0 Å². The van der Waals surface area contributed by atoms with Crippen molar-refractivity contribution in [3.63, 3.8) is 0 Å². The molecule has 1 atom stereocenters. The van der Waals surface area contributed by atoms with Crippen molar-refractivity contribution in [3.8, 4) is 11.5 Å². The molecule has 21 heavy (non-hydrogen) atoms. The second-order valence-corrected chi connectivity index (χ2v) is 4.77. The molecule has 2 rings (SSSR count). The Hall–Kier alpha value is -1.67. The maximum absolute atomic E-state index is 12.3. The fourth-order valence-corrected chi connectivity index (χ4v) is 2.17. The Labute approximate surface area is 123 Å². The minimum Gasteiger partial charge on any atom is -0.486 e. The van der Waals surface area contributed by atoms with Gasteiger partial charge in [0.25, 0.3) is 0 Å². The number of halogens is 4. The molecule has 0 aliphatic carbocycles. The molecule has 1 unspecified atom stereocenters. The van der Waals surface area contributed by atoms with E-state index in [1.54, 1.807) is 0 Å². The lowest BCUT2D eigenvalue weighted by Gasteiger charge is -2.23. The summed E-state index contributed by atoms with van der Waals surface area (Å²) in [6.45, 7) is -0.756. The first kappa shape index (κ1) is 15.7. The van der Waals surface area contributed by atoms with Crippen LogP contribution in [0.3, 0.4) is 0 Å². The van der Waals surface area contributed by atoms with E-state index in [1.807, 2.05) is 0 Å². The van der Waals surface area contributed by atoms with E-state index in [2.05, 4.69) is 5.32 Å². The zero-order valence-corrected chi connectivity index (χ0v) is 11.4. The highest BCUT2D eigenvalue weighted by molar-refractivity contribution is 6.32. The van der Waals surface area contributed by atoms with Crippen molar-refractivity contribution in [1.82, 2.24) is 5.32 Å². The number of alkyl halides is 3. The number of hydrogen-bond donors (Lipinski definition) is 2. The molecule has 0 saturated heterocycles. The number of primary amides is 1. The summed E-state index contributed by atoms with van der Waals surface area (Å²) in [6, 6.07) is 1.38. The molecule has 0 fully saturated rings. The number of nitrogens with one attached hydrogen (secondary N) is 1. The Morgan fingerprint density at radius 2 is 2.05 bits per heavy atom. The van der Waals surface area contributed by atoms with E-state index in [-0.39, 0.29) is 22.9 Å². The molecule has 0 aromatic heterocycles. The Kier molecular flexibility index (Phi) is 4.48. The van der Waals surface area contributed by atoms with Crippen molar-refractivity contribution in [2.75, 3.05) is 19.8 Å². The Balaban J connectivity index is 2.28. The maximum Gasteiger partial charge on any atom is 0.401 e. The first-order valence-electron chi connectivity index (χ1n) is 5.96. The number of ether oxygens (including phenoxy) is 2. The van der Waals surface area contributed by atoms with Gasteiger partial charge in [0, 0.05) is 0 Å². The van der Waals surface area contributed by atoms with Gasteiger partial charge in [-0.05, 0) is 17.7 Å². The zero-order valence-electron chi connectivity index (χ0n) is 10.7. The molecule has 9 heteroatoms. The van der Waals surface area contributed by atoms with Crippen LogP contribution in [0.2, 0.25) is 5.02 Å². The maximum atomic E-state index is 12.3. The summed E-state index contributed by atoms with van der Waals surface area (Å²) < 4.78 is 47.4. The summed E-state index contributed by atoms with van der Waals surface area (Å²) in [4.78, 5) is 11.4. The molecule has 1 aliphatic heterocycles. The predicted octanol–water partition coefficient (Wildman–Crippen LogP) is 1.79. The first-order chi connectivity index (χ1) is 9.78. The third-order valence-electron chi connectivity index (χ3n) is 2.74. The molecule has 1 amide bonds. The number of fused-ring (bicyclic) bond motifs is 1. The fraction of sp³-hybridized carbons (Fsp3) is 0.417. The van der Waals surface area contributed by atoms with Crippen molar-refractivity contribution < 1.29 is 27.4 Å². The van der Waals surface area contributed by atoms with E-state index in [9.17, 15) is 18.0 Å². The number of carbonyl (C=O) groups excluding carboxylic acids is 1. The monoisotopic (exact) mass is 324 g/mol. The molecular weight excluding hydrogens is 313 g/mol. The van der Waals surface area contributed by atoms with E-state index in [0.717, 1.165) is 0 Å². The van der Waals surface area contributed by atoms with Crippen molar-refractivity contribution in [1.29, 1.82) is 0 Å². The van der Waals surface area contributed by atoms with E-state index in [1.165, 1.54) is 12.1 Å². The molecule has 0 bridgehead atoms. The summed E-state index contributed by atoms with van der Waals surface area (Å²) in [6.07, 6.45) is -4.47. The Bertz CT molecular complexity index is 551. The Morgan fingerprint density at radius 3 is 2.67 bits per heavy atom. The van der Waals surface area contributed by atoms with Crippen LogP contribution in [0.25, 0.3) is 0 Å². The van der Waals surface area contributed by atoms with Gasteiger partial charge in [-0.2, -0.15) is 13.2 Å². The summed E-state index contributed by atoms with van der Waals surface area (Å²) in [7, 11) is 0. The van der Waals surface area contributed by atoms with E-state index in [0.29, 0.717) is 12.4 Å². The third-order valence-corrected chi connectivity index (χ3v) is 3.02. The lowest BCUT2D eigenvalue weighted by Crippen LogP contribution is -2.39. The molecule has 5 nitrogen and oxygen atoms in total. The number of rotatable bonds is 4. The SMILES string of the molecule is NC(=O)C(NCC(F)(F)F)c1cc(Cl)c2c(c1)OCCO2. The largest absolute Gasteiger partial charge is 0.486 e. The molecule has 1 heterocycles. The number of hydrogen-bond acceptors (Lipinski definition) is 4. The summed E-state index contributed by atoms with van der Waals surface area (Å²) in [5, 5.41) is 2.20. The minimum absolute atomic E-state index is 0.141. The summed E-state index contributed by atoms with van der Waals surface area (Å²) in [5.74, 6) is -0.387. The van der Waals surface area contributed by atoms with Crippen LogP contribution in [0.15, 0.2) is 12.1 Å². The van der Waals surface area contributed by atoms with Gasteiger partial charge in [0.05, 0.1) is 11.6 Å². The second-order valence-electron chi connectivity index (χ2n) is 4.36. The van der Waals surface area contributed by atoms with E-state index >= 15 is 0 Å². The Morgan fingerprint density at radius 1 is 1.38 bits per heavy atom. The van der Waals surface area contributed by atoms with Gasteiger partial charge in [0.1, 0.15) is 19.3 Å². The highest BCUT2D eigenvalue weighted by atomic mass is 35.5. The number of carbonyl (C=O) groups is 1. The number of benzene rings is 1. The van der Waals surface area contributed by atoms with Gasteiger partial charge >= 0.3 is 6.18 Å². The van der Waals surface area contributed by atoms with Gasteiger partial charge in [0.2, 0.25) is 5.91 Å². The van der Waals surface area contributed by atoms with E-state index < -0.39 is 24.7 Å². The van der Waals surface area contributed by atoms with Crippen LogP contribution in [-0.4, -0.2) is 31.8 Å². The molecule has 0 spiro atoms. The van der Waals surface area contributed by atoms with Crippen LogP contribution in [0.4, 0.5) is 13.2 Å².